The first-order valence-electron chi connectivity index (χ1n) is 14.8. The molecule has 214 valence electrons. The Morgan fingerprint density at radius 1 is 0.714 bits per heavy atom. The van der Waals surface area contributed by atoms with Crippen molar-refractivity contribution in [3.63, 3.8) is 0 Å². The van der Waals surface area contributed by atoms with E-state index in [1.165, 1.54) is 16.5 Å². The summed E-state index contributed by atoms with van der Waals surface area (Å²) in [6.45, 7) is 8.56. The maximum atomic E-state index is 7.17. The summed E-state index contributed by atoms with van der Waals surface area (Å²) < 4.78 is 29.2. The number of rotatable bonds is 7. The van der Waals surface area contributed by atoms with Crippen molar-refractivity contribution in [1.82, 2.24) is 4.57 Å². The van der Waals surface area contributed by atoms with Gasteiger partial charge in [0.1, 0.15) is 23.9 Å². The SMILES string of the molecule is Cc1cc2ccn([C@H]3O[C@H](COC(c4ccccc4)(c4ccccc4)c4ccccc4)[C@H]4OC(C)(C)O[C@H]43)c2cc1C. The smallest absolute Gasteiger partial charge is 0.164 e. The zero-order valence-electron chi connectivity index (χ0n) is 24.6. The van der Waals surface area contributed by atoms with Crippen LogP contribution < -0.4 is 0 Å². The van der Waals surface area contributed by atoms with Gasteiger partial charge in [0, 0.05) is 6.20 Å². The van der Waals surface area contributed by atoms with Crippen molar-refractivity contribution in [2.45, 2.75) is 63.6 Å². The highest BCUT2D eigenvalue weighted by Gasteiger charge is 2.56. The lowest BCUT2D eigenvalue weighted by atomic mass is 9.80. The van der Waals surface area contributed by atoms with Crippen molar-refractivity contribution in [2.24, 2.45) is 0 Å². The van der Waals surface area contributed by atoms with Gasteiger partial charge >= 0.3 is 0 Å². The quantitative estimate of drug-likeness (QED) is 0.192. The molecule has 0 amide bonds. The Labute approximate surface area is 247 Å². The zero-order chi connectivity index (χ0) is 28.9. The second kappa shape index (κ2) is 10.5. The van der Waals surface area contributed by atoms with Crippen LogP contribution in [0.2, 0.25) is 0 Å². The molecule has 5 aromatic rings. The van der Waals surface area contributed by atoms with Crippen molar-refractivity contribution in [1.29, 1.82) is 0 Å². The first-order valence-corrected chi connectivity index (χ1v) is 14.8. The van der Waals surface area contributed by atoms with Gasteiger partial charge in [-0.1, -0.05) is 91.0 Å². The Morgan fingerprint density at radius 3 is 1.81 bits per heavy atom. The minimum Gasteiger partial charge on any atom is -0.358 e. The Kier molecular flexibility index (Phi) is 6.79. The van der Waals surface area contributed by atoms with Gasteiger partial charge in [-0.15, -0.1) is 0 Å². The molecule has 1 aromatic heterocycles. The summed E-state index contributed by atoms with van der Waals surface area (Å²) in [7, 11) is 0. The second-order valence-electron chi connectivity index (χ2n) is 11.9. The molecule has 0 unspecified atom stereocenters. The highest BCUT2D eigenvalue weighted by molar-refractivity contribution is 5.82. The van der Waals surface area contributed by atoms with Gasteiger partial charge in [-0.2, -0.15) is 0 Å². The van der Waals surface area contributed by atoms with Crippen molar-refractivity contribution in [2.75, 3.05) is 6.61 Å². The number of hydrogen-bond donors (Lipinski definition) is 0. The topological polar surface area (TPSA) is 41.9 Å². The van der Waals surface area contributed by atoms with Crippen LogP contribution in [0.3, 0.4) is 0 Å². The molecule has 0 aliphatic carbocycles. The van der Waals surface area contributed by atoms with Gasteiger partial charge < -0.3 is 23.5 Å². The molecule has 2 aliphatic heterocycles. The number of benzene rings is 4. The van der Waals surface area contributed by atoms with E-state index in [4.69, 9.17) is 18.9 Å². The third-order valence-electron chi connectivity index (χ3n) is 8.74. The van der Waals surface area contributed by atoms with Crippen LogP contribution in [0.4, 0.5) is 0 Å². The average Bonchev–Trinajstić information content (AvgIpc) is 3.65. The minimum atomic E-state index is -0.843. The molecule has 0 radical (unpaired) electrons. The summed E-state index contributed by atoms with van der Waals surface area (Å²) in [4.78, 5) is 0. The molecule has 0 saturated carbocycles. The number of aryl methyl sites for hydroxylation is 2. The highest BCUT2D eigenvalue weighted by Crippen LogP contribution is 2.46. The van der Waals surface area contributed by atoms with Crippen LogP contribution in [0.5, 0.6) is 0 Å². The molecule has 7 rings (SSSR count). The molecule has 4 atom stereocenters. The lowest BCUT2D eigenvalue weighted by molar-refractivity contribution is -0.204. The Bertz CT molecular complexity index is 1580. The van der Waals surface area contributed by atoms with Crippen molar-refractivity contribution >= 4 is 10.9 Å². The zero-order valence-corrected chi connectivity index (χ0v) is 24.6. The molecule has 42 heavy (non-hydrogen) atoms. The van der Waals surface area contributed by atoms with E-state index in [9.17, 15) is 0 Å². The predicted octanol–water partition coefficient (Wildman–Crippen LogP) is 7.68. The van der Waals surface area contributed by atoms with E-state index in [-0.39, 0.29) is 24.5 Å². The van der Waals surface area contributed by atoms with Crippen LogP contribution in [0.15, 0.2) is 115 Å². The fourth-order valence-electron chi connectivity index (χ4n) is 6.64. The Balaban J connectivity index is 1.28. The largest absolute Gasteiger partial charge is 0.358 e. The minimum absolute atomic E-state index is 0.273. The summed E-state index contributed by atoms with van der Waals surface area (Å²) in [6, 6.07) is 37.9. The summed E-state index contributed by atoms with van der Waals surface area (Å²) in [5, 5.41) is 1.19. The number of hydrogen-bond acceptors (Lipinski definition) is 4. The summed E-state index contributed by atoms with van der Waals surface area (Å²) in [5.41, 5.74) is 5.98. The van der Waals surface area contributed by atoms with Gasteiger partial charge in [0.15, 0.2) is 12.0 Å². The van der Waals surface area contributed by atoms with Crippen LogP contribution in [-0.2, 0) is 24.5 Å². The molecule has 0 N–H and O–H groups in total. The maximum Gasteiger partial charge on any atom is 0.164 e. The fraction of sp³-hybridized carbons (Fsp3) is 0.297. The van der Waals surface area contributed by atoms with E-state index in [1.54, 1.807) is 0 Å². The Morgan fingerprint density at radius 2 is 1.24 bits per heavy atom. The lowest BCUT2D eigenvalue weighted by Crippen LogP contribution is -2.39. The Hall–Kier alpha value is -3.74. The van der Waals surface area contributed by atoms with Gasteiger partial charge in [0.25, 0.3) is 0 Å². The van der Waals surface area contributed by atoms with Gasteiger partial charge in [-0.3, -0.25) is 0 Å². The maximum absolute atomic E-state index is 7.17. The van der Waals surface area contributed by atoms with Crippen molar-refractivity contribution < 1.29 is 18.9 Å². The first-order chi connectivity index (χ1) is 20.4. The summed E-state index contributed by atoms with van der Waals surface area (Å²) in [6.07, 6.45) is 0.857. The monoisotopic (exact) mass is 559 g/mol. The average molecular weight is 560 g/mol. The molecule has 2 saturated heterocycles. The van der Waals surface area contributed by atoms with Crippen LogP contribution in [0.25, 0.3) is 10.9 Å². The number of fused-ring (bicyclic) bond motifs is 2. The van der Waals surface area contributed by atoms with E-state index < -0.39 is 11.4 Å². The van der Waals surface area contributed by atoms with Gasteiger partial charge in [0.2, 0.25) is 0 Å². The number of nitrogens with zero attached hydrogens (tertiary/aromatic N) is 1. The normalized spacial score (nSPS) is 23.3. The summed E-state index contributed by atoms with van der Waals surface area (Å²) in [5.74, 6) is -0.722. The van der Waals surface area contributed by atoms with Crippen molar-refractivity contribution in [3.8, 4) is 0 Å². The van der Waals surface area contributed by atoms with Gasteiger partial charge in [0.05, 0.1) is 12.1 Å². The third kappa shape index (κ3) is 4.58. The van der Waals surface area contributed by atoms with Gasteiger partial charge in [-0.25, -0.2) is 0 Å². The molecule has 2 aliphatic rings. The van der Waals surface area contributed by atoms with E-state index in [0.29, 0.717) is 6.61 Å². The molecule has 5 nitrogen and oxygen atoms in total. The molecule has 5 heteroatoms. The molecular weight excluding hydrogens is 522 g/mol. The van der Waals surface area contributed by atoms with E-state index in [1.807, 2.05) is 32.0 Å². The number of ether oxygens (including phenoxy) is 4. The van der Waals surface area contributed by atoms with Crippen LogP contribution in [-0.4, -0.2) is 35.3 Å². The molecule has 0 spiro atoms. The molecule has 3 heterocycles. The highest BCUT2D eigenvalue weighted by atomic mass is 16.8. The van der Waals surface area contributed by atoms with Crippen LogP contribution >= 0.6 is 0 Å². The molecule has 4 aromatic carbocycles. The van der Waals surface area contributed by atoms with E-state index in [2.05, 4.69) is 116 Å². The van der Waals surface area contributed by atoms with Crippen LogP contribution in [0, 0.1) is 13.8 Å². The molecular formula is C37H37NO4. The third-order valence-corrected chi connectivity index (χ3v) is 8.74. The van der Waals surface area contributed by atoms with Crippen molar-refractivity contribution in [3.05, 3.63) is 143 Å². The lowest BCUT2D eigenvalue weighted by Gasteiger charge is -2.37. The second-order valence-corrected chi connectivity index (χ2v) is 11.9. The van der Waals surface area contributed by atoms with Crippen LogP contribution in [0.1, 0.15) is 47.9 Å². The van der Waals surface area contributed by atoms with Gasteiger partial charge in [-0.05, 0) is 79.1 Å². The first kappa shape index (κ1) is 27.1. The van der Waals surface area contributed by atoms with E-state index in [0.717, 1.165) is 22.2 Å². The fourth-order valence-corrected chi connectivity index (χ4v) is 6.64. The standard InChI is InChI=1S/C37H37NO4/c1-25-22-27-20-21-38(31(27)23-26(25)2)35-34-33(41-36(3,4)42-34)32(40-35)24-39-37(28-14-8-5-9-15-28,29-16-10-6-11-17-29)30-18-12-7-13-19-30/h5-23,32-35H,24H2,1-4H3/t32-,33-,34-,35+/m1/s1. The number of aromatic nitrogens is 1. The van der Waals surface area contributed by atoms with E-state index >= 15 is 0 Å². The summed E-state index contributed by atoms with van der Waals surface area (Å²) >= 11 is 0. The molecule has 2 fully saturated rings. The molecule has 0 bridgehead atoms. The predicted molar refractivity (Wildman–Crippen MR) is 164 cm³/mol.